The lowest BCUT2D eigenvalue weighted by Crippen LogP contribution is -2.48. The largest absolute Gasteiger partial charge is 0.354 e. The van der Waals surface area contributed by atoms with Crippen LogP contribution < -0.4 is 9.62 Å². The van der Waals surface area contributed by atoms with Gasteiger partial charge in [0.05, 0.1) is 11.9 Å². The second-order valence-corrected chi connectivity index (χ2v) is 11.9. The van der Waals surface area contributed by atoms with Crippen LogP contribution in [0.25, 0.3) is 0 Å². The van der Waals surface area contributed by atoms with Gasteiger partial charge in [0.1, 0.15) is 6.04 Å². The Balaban J connectivity index is 2.19. The molecule has 0 spiro atoms. The number of rotatable bonds is 12. The third kappa shape index (κ3) is 8.52. The molecule has 0 aliphatic heterocycles. The van der Waals surface area contributed by atoms with E-state index in [9.17, 15) is 18.0 Å². The summed E-state index contributed by atoms with van der Waals surface area (Å²) in [6.45, 7) is 10.4. The standard InChI is InChI=1S/C27H38ClN3O4S/c1-19(2)17-29-27(33)22(5)30(18-23-10-7-8-11-25(23)28)26(32)12-9-15-31(36(6,34)35)24-14-13-20(3)21(4)16-24/h7-8,10-11,13-14,16,19,22H,9,12,15,17-18H2,1-6H3,(H,29,33)/t22-/m0/s1. The molecular formula is C27H38ClN3O4S. The Morgan fingerprint density at radius 1 is 1.03 bits per heavy atom. The quantitative estimate of drug-likeness (QED) is 0.427. The minimum Gasteiger partial charge on any atom is -0.354 e. The molecule has 9 heteroatoms. The Kier molecular flexibility index (Phi) is 10.8. The number of hydrogen-bond acceptors (Lipinski definition) is 4. The molecule has 2 aromatic rings. The molecule has 0 saturated carbocycles. The Morgan fingerprint density at radius 3 is 2.28 bits per heavy atom. The maximum Gasteiger partial charge on any atom is 0.242 e. The van der Waals surface area contributed by atoms with Crippen molar-refractivity contribution in [2.75, 3.05) is 23.7 Å². The Bertz CT molecular complexity index is 1170. The summed E-state index contributed by atoms with van der Waals surface area (Å²) in [5, 5.41) is 3.41. The fourth-order valence-electron chi connectivity index (χ4n) is 3.73. The van der Waals surface area contributed by atoms with E-state index in [1.165, 1.54) is 9.21 Å². The number of carbonyl (C=O) groups excluding carboxylic acids is 2. The van der Waals surface area contributed by atoms with Gasteiger partial charge in [-0.15, -0.1) is 0 Å². The summed E-state index contributed by atoms with van der Waals surface area (Å²) >= 11 is 6.34. The van der Waals surface area contributed by atoms with Crippen LogP contribution in [-0.4, -0.2) is 50.5 Å². The number of anilines is 1. The van der Waals surface area contributed by atoms with Crippen LogP contribution in [0.2, 0.25) is 5.02 Å². The highest BCUT2D eigenvalue weighted by atomic mass is 35.5. The van der Waals surface area contributed by atoms with Crippen molar-refractivity contribution in [3.63, 3.8) is 0 Å². The molecule has 0 bridgehead atoms. The number of carbonyl (C=O) groups is 2. The maximum absolute atomic E-state index is 13.3. The monoisotopic (exact) mass is 535 g/mol. The molecule has 0 fully saturated rings. The number of aryl methyl sites for hydroxylation is 2. The van der Waals surface area contributed by atoms with Crippen molar-refractivity contribution < 1.29 is 18.0 Å². The van der Waals surface area contributed by atoms with Crippen molar-refractivity contribution in [1.29, 1.82) is 0 Å². The molecule has 1 atom stereocenters. The van der Waals surface area contributed by atoms with Crippen molar-refractivity contribution in [3.8, 4) is 0 Å². The van der Waals surface area contributed by atoms with E-state index in [-0.39, 0.29) is 37.2 Å². The molecule has 0 heterocycles. The summed E-state index contributed by atoms with van der Waals surface area (Å²) in [6.07, 6.45) is 1.55. The van der Waals surface area contributed by atoms with E-state index in [2.05, 4.69) is 5.32 Å². The molecule has 0 saturated heterocycles. The van der Waals surface area contributed by atoms with Crippen molar-refractivity contribution in [2.24, 2.45) is 5.92 Å². The second-order valence-electron chi connectivity index (χ2n) is 9.64. The summed E-state index contributed by atoms with van der Waals surface area (Å²) in [5.41, 5.74) is 3.37. The van der Waals surface area contributed by atoms with E-state index in [4.69, 9.17) is 11.6 Å². The van der Waals surface area contributed by atoms with Crippen LogP contribution in [-0.2, 0) is 26.2 Å². The van der Waals surface area contributed by atoms with Gasteiger partial charge in [0.25, 0.3) is 0 Å². The van der Waals surface area contributed by atoms with E-state index in [0.717, 1.165) is 22.9 Å². The molecule has 2 aromatic carbocycles. The predicted octanol–water partition coefficient (Wildman–Crippen LogP) is 4.69. The van der Waals surface area contributed by atoms with E-state index in [1.807, 2.05) is 58.0 Å². The summed E-state index contributed by atoms with van der Waals surface area (Å²) in [5.74, 6) is -0.200. The van der Waals surface area contributed by atoms with Crippen LogP contribution >= 0.6 is 11.6 Å². The minimum absolute atomic E-state index is 0.0864. The van der Waals surface area contributed by atoms with E-state index in [0.29, 0.717) is 23.7 Å². The molecule has 0 aliphatic carbocycles. The lowest BCUT2D eigenvalue weighted by Gasteiger charge is -2.30. The van der Waals surface area contributed by atoms with Crippen molar-refractivity contribution in [1.82, 2.24) is 10.2 Å². The molecule has 2 rings (SSSR count). The maximum atomic E-state index is 13.3. The average molecular weight is 536 g/mol. The average Bonchev–Trinajstić information content (AvgIpc) is 2.80. The fourth-order valence-corrected chi connectivity index (χ4v) is 4.88. The lowest BCUT2D eigenvalue weighted by molar-refractivity contribution is -0.140. The number of nitrogens with one attached hydrogen (secondary N) is 1. The lowest BCUT2D eigenvalue weighted by atomic mass is 10.1. The van der Waals surface area contributed by atoms with Crippen LogP contribution in [0.1, 0.15) is 50.3 Å². The zero-order valence-electron chi connectivity index (χ0n) is 22.0. The second kappa shape index (κ2) is 13.1. The highest BCUT2D eigenvalue weighted by molar-refractivity contribution is 7.92. The van der Waals surface area contributed by atoms with Gasteiger partial charge in [-0.2, -0.15) is 0 Å². The van der Waals surface area contributed by atoms with E-state index >= 15 is 0 Å². The Hall–Kier alpha value is -2.58. The smallest absolute Gasteiger partial charge is 0.242 e. The molecule has 0 aromatic heterocycles. The molecule has 2 amide bonds. The van der Waals surface area contributed by atoms with Gasteiger partial charge < -0.3 is 10.2 Å². The first-order valence-electron chi connectivity index (χ1n) is 12.2. The SMILES string of the molecule is Cc1ccc(N(CCCC(=O)N(Cc2ccccc2Cl)[C@@H](C)C(=O)NCC(C)C)S(C)(=O)=O)cc1C. The molecular weight excluding hydrogens is 498 g/mol. The van der Waals surface area contributed by atoms with Gasteiger partial charge in [-0.1, -0.05) is 49.7 Å². The molecule has 0 unspecified atom stereocenters. The van der Waals surface area contributed by atoms with Gasteiger partial charge in [0.2, 0.25) is 21.8 Å². The van der Waals surface area contributed by atoms with Crippen LogP contribution in [0.3, 0.4) is 0 Å². The van der Waals surface area contributed by atoms with Crippen LogP contribution in [0, 0.1) is 19.8 Å². The van der Waals surface area contributed by atoms with Crippen molar-refractivity contribution in [3.05, 3.63) is 64.2 Å². The molecule has 198 valence electrons. The van der Waals surface area contributed by atoms with Gasteiger partial charge in [0.15, 0.2) is 0 Å². The first-order valence-corrected chi connectivity index (χ1v) is 14.4. The van der Waals surface area contributed by atoms with E-state index < -0.39 is 16.1 Å². The number of halogens is 1. The van der Waals surface area contributed by atoms with Crippen molar-refractivity contribution in [2.45, 2.75) is 60.0 Å². The predicted molar refractivity (Wildman–Crippen MR) is 147 cm³/mol. The van der Waals surface area contributed by atoms with Gasteiger partial charge in [-0.05, 0) is 68.0 Å². The number of benzene rings is 2. The first kappa shape index (κ1) is 29.6. The van der Waals surface area contributed by atoms with E-state index in [1.54, 1.807) is 19.1 Å². The number of nitrogens with zero attached hydrogens (tertiary/aromatic N) is 2. The van der Waals surface area contributed by atoms with Crippen LogP contribution in [0.4, 0.5) is 5.69 Å². The van der Waals surface area contributed by atoms with Crippen LogP contribution in [0.5, 0.6) is 0 Å². The normalized spacial score (nSPS) is 12.3. The van der Waals surface area contributed by atoms with Crippen LogP contribution in [0.15, 0.2) is 42.5 Å². The fraction of sp³-hybridized carbons (Fsp3) is 0.481. The molecule has 1 N–H and O–H groups in total. The zero-order chi connectivity index (χ0) is 27.0. The summed E-state index contributed by atoms with van der Waals surface area (Å²) in [4.78, 5) is 27.7. The first-order chi connectivity index (χ1) is 16.8. The zero-order valence-corrected chi connectivity index (χ0v) is 23.6. The highest BCUT2D eigenvalue weighted by Crippen LogP contribution is 2.23. The summed E-state index contributed by atoms with van der Waals surface area (Å²) in [6, 6.07) is 12.0. The number of amides is 2. The number of sulfonamides is 1. The molecule has 0 radical (unpaired) electrons. The molecule has 7 nitrogen and oxygen atoms in total. The third-order valence-corrected chi connectivity index (χ3v) is 7.64. The van der Waals surface area contributed by atoms with Crippen molar-refractivity contribution >= 4 is 39.1 Å². The van der Waals surface area contributed by atoms with Gasteiger partial charge in [0, 0.05) is 31.1 Å². The van der Waals surface area contributed by atoms with Gasteiger partial charge >= 0.3 is 0 Å². The Labute approximate surface area is 220 Å². The minimum atomic E-state index is -3.54. The summed E-state index contributed by atoms with van der Waals surface area (Å²) < 4.78 is 26.3. The highest BCUT2D eigenvalue weighted by Gasteiger charge is 2.27. The Morgan fingerprint density at radius 2 is 1.69 bits per heavy atom. The topological polar surface area (TPSA) is 86.8 Å². The third-order valence-electron chi connectivity index (χ3n) is 6.08. The van der Waals surface area contributed by atoms with Gasteiger partial charge in [-0.25, -0.2) is 8.42 Å². The molecule has 0 aliphatic rings. The number of hydrogen-bond donors (Lipinski definition) is 1. The summed E-state index contributed by atoms with van der Waals surface area (Å²) in [7, 11) is -3.54. The van der Waals surface area contributed by atoms with Gasteiger partial charge in [-0.3, -0.25) is 13.9 Å². The molecule has 36 heavy (non-hydrogen) atoms.